The Morgan fingerprint density at radius 1 is 1.07 bits per heavy atom. The van der Waals surface area contributed by atoms with E-state index in [1.165, 1.54) is 7.11 Å². The summed E-state index contributed by atoms with van der Waals surface area (Å²) in [6, 6.07) is 18.8. The van der Waals surface area contributed by atoms with Crippen molar-refractivity contribution in [3.8, 4) is 6.07 Å². The molecule has 156 valence electrons. The van der Waals surface area contributed by atoms with Crippen molar-refractivity contribution in [2.45, 2.75) is 38.0 Å². The summed E-state index contributed by atoms with van der Waals surface area (Å²) in [5, 5.41) is 12.9. The Morgan fingerprint density at radius 3 is 2.27 bits per heavy atom. The Labute approximate surface area is 185 Å². The minimum atomic E-state index is -1.04. The van der Waals surface area contributed by atoms with Gasteiger partial charge in [-0.2, -0.15) is 5.26 Å². The second-order valence-corrected chi connectivity index (χ2v) is 8.62. The maximum atomic E-state index is 13.2. The number of halogens is 1. The Hall–Kier alpha value is -2.65. The predicted octanol–water partition coefficient (Wildman–Crippen LogP) is 5.43. The van der Waals surface area contributed by atoms with Gasteiger partial charge in [-0.25, -0.2) is 0 Å². The summed E-state index contributed by atoms with van der Waals surface area (Å²) in [6.07, 6.45) is 3.94. The first-order valence-electron chi connectivity index (χ1n) is 10.1. The van der Waals surface area contributed by atoms with Crippen LogP contribution < -0.4 is 5.32 Å². The van der Waals surface area contributed by atoms with Crippen LogP contribution in [0.2, 0.25) is 0 Å². The number of nitrogens with one attached hydrogen (secondary N) is 1. The number of para-hydroxylation sites is 1. The lowest BCUT2D eigenvalue weighted by atomic mass is 9.59. The lowest BCUT2D eigenvalue weighted by molar-refractivity contribution is -0.158. The van der Waals surface area contributed by atoms with E-state index in [1.54, 1.807) is 12.1 Å². The molecule has 2 aromatic carbocycles. The van der Waals surface area contributed by atoms with Crippen LogP contribution in [0.5, 0.6) is 0 Å². The number of benzene rings is 2. The topological polar surface area (TPSA) is 79.2 Å². The number of anilines is 1. The molecule has 1 amide bonds. The number of esters is 1. The van der Waals surface area contributed by atoms with Gasteiger partial charge < -0.3 is 10.1 Å². The molecule has 0 aromatic heterocycles. The highest BCUT2D eigenvalue weighted by atomic mass is 79.9. The SMILES string of the molecule is COC(=O)C1(C(c2ccc(Br)cc2)C(C#N)C(=O)Nc2ccccc2)CCCCC1. The molecule has 1 fully saturated rings. The molecule has 2 atom stereocenters. The molecule has 3 rings (SSSR count). The van der Waals surface area contributed by atoms with E-state index < -0.39 is 23.2 Å². The lowest BCUT2D eigenvalue weighted by Gasteiger charge is -2.42. The third-order valence-corrected chi connectivity index (χ3v) is 6.49. The Kier molecular flexibility index (Phi) is 7.28. The van der Waals surface area contributed by atoms with Crippen LogP contribution in [0.3, 0.4) is 0 Å². The number of ether oxygens (including phenoxy) is 1. The van der Waals surface area contributed by atoms with Gasteiger partial charge in [-0.3, -0.25) is 9.59 Å². The van der Waals surface area contributed by atoms with Crippen LogP contribution in [-0.4, -0.2) is 19.0 Å². The van der Waals surface area contributed by atoms with Crippen molar-refractivity contribution < 1.29 is 14.3 Å². The maximum absolute atomic E-state index is 13.2. The van der Waals surface area contributed by atoms with Crippen molar-refractivity contribution in [2.24, 2.45) is 11.3 Å². The largest absolute Gasteiger partial charge is 0.469 e. The van der Waals surface area contributed by atoms with Gasteiger partial charge in [-0.15, -0.1) is 0 Å². The summed E-state index contributed by atoms with van der Waals surface area (Å²) in [4.78, 5) is 26.3. The van der Waals surface area contributed by atoms with Crippen LogP contribution in [-0.2, 0) is 14.3 Å². The monoisotopic (exact) mass is 468 g/mol. The lowest BCUT2D eigenvalue weighted by Crippen LogP contribution is -2.45. The summed E-state index contributed by atoms with van der Waals surface area (Å²) in [5.41, 5.74) is 0.503. The van der Waals surface area contributed by atoms with E-state index in [0.717, 1.165) is 29.3 Å². The molecule has 0 bridgehead atoms. The molecule has 0 saturated heterocycles. The molecule has 1 aliphatic carbocycles. The van der Waals surface area contributed by atoms with Crippen molar-refractivity contribution >= 4 is 33.5 Å². The van der Waals surface area contributed by atoms with Crippen LogP contribution in [0.4, 0.5) is 5.69 Å². The molecule has 1 aliphatic rings. The van der Waals surface area contributed by atoms with Crippen molar-refractivity contribution in [1.82, 2.24) is 0 Å². The highest BCUT2D eigenvalue weighted by molar-refractivity contribution is 9.10. The van der Waals surface area contributed by atoms with Crippen LogP contribution in [0.1, 0.15) is 43.6 Å². The van der Waals surface area contributed by atoms with Gasteiger partial charge in [-0.1, -0.05) is 65.5 Å². The zero-order chi connectivity index (χ0) is 21.6. The zero-order valence-electron chi connectivity index (χ0n) is 16.9. The van der Waals surface area contributed by atoms with Gasteiger partial charge >= 0.3 is 5.97 Å². The Morgan fingerprint density at radius 2 is 1.70 bits per heavy atom. The Balaban J connectivity index is 2.07. The van der Waals surface area contributed by atoms with E-state index in [9.17, 15) is 14.9 Å². The average molecular weight is 469 g/mol. The van der Waals surface area contributed by atoms with Crippen LogP contribution >= 0.6 is 15.9 Å². The molecule has 0 aliphatic heterocycles. The highest BCUT2D eigenvalue weighted by Gasteiger charge is 2.52. The molecular formula is C24H25BrN2O3. The van der Waals surface area contributed by atoms with Gasteiger partial charge in [0.2, 0.25) is 5.91 Å². The summed E-state index contributed by atoms with van der Waals surface area (Å²) in [6.45, 7) is 0. The second-order valence-electron chi connectivity index (χ2n) is 7.70. The number of carbonyl (C=O) groups excluding carboxylic acids is 2. The van der Waals surface area contributed by atoms with E-state index in [-0.39, 0.29) is 5.97 Å². The van der Waals surface area contributed by atoms with Gasteiger partial charge in [-0.05, 0) is 42.7 Å². The number of nitrogens with zero attached hydrogens (tertiary/aromatic N) is 1. The fourth-order valence-electron chi connectivity index (χ4n) is 4.55. The fourth-order valence-corrected chi connectivity index (χ4v) is 4.82. The van der Waals surface area contributed by atoms with Gasteiger partial charge in [0.25, 0.3) is 0 Å². The molecule has 1 N–H and O–H groups in total. The van der Waals surface area contributed by atoms with Gasteiger partial charge in [0, 0.05) is 16.1 Å². The van der Waals surface area contributed by atoms with Gasteiger partial charge in [0.15, 0.2) is 0 Å². The molecule has 6 heteroatoms. The fraction of sp³-hybridized carbons (Fsp3) is 0.375. The van der Waals surface area contributed by atoms with Crippen LogP contribution in [0, 0.1) is 22.7 Å². The molecule has 2 aromatic rings. The first-order chi connectivity index (χ1) is 14.5. The number of nitriles is 1. The third kappa shape index (κ3) is 4.57. The number of amides is 1. The molecule has 30 heavy (non-hydrogen) atoms. The molecular weight excluding hydrogens is 444 g/mol. The Bertz CT molecular complexity index is 916. The number of methoxy groups -OCH3 is 1. The van der Waals surface area contributed by atoms with Crippen molar-refractivity contribution in [3.05, 3.63) is 64.6 Å². The van der Waals surface area contributed by atoms with E-state index in [1.807, 2.05) is 42.5 Å². The van der Waals surface area contributed by atoms with Gasteiger partial charge in [0.05, 0.1) is 18.6 Å². The van der Waals surface area contributed by atoms with Crippen molar-refractivity contribution in [3.63, 3.8) is 0 Å². The smallest absolute Gasteiger partial charge is 0.312 e. The summed E-state index contributed by atoms with van der Waals surface area (Å²) >= 11 is 3.44. The maximum Gasteiger partial charge on any atom is 0.312 e. The standard InChI is InChI=1S/C24H25BrN2O3/c1-30-23(29)24(14-6-3-7-15-24)21(17-10-12-18(25)13-11-17)20(16-26)22(28)27-19-8-4-2-5-9-19/h2,4-5,8-13,20-21H,3,6-7,14-15H2,1H3,(H,27,28). The van der Waals surface area contributed by atoms with Crippen molar-refractivity contribution in [2.75, 3.05) is 12.4 Å². The summed E-state index contributed by atoms with van der Waals surface area (Å²) in [7, 11) is 1.38. The van der Waals surface area contributed by atoms with E-state index in [2.05, 4.69) is 27.3 Å². The normalized spacial score (nSPS) is 17.2. The minimum absolute atomic E-state index is 0.345. The molecule has 0 radical (unpaired) electrons. The summed E-state index contributed by atoms with van der Waals surface area (Å²) in [5.74, 6) is -2.40. The summed E-state index contributed by atoms with van der Waals surface area (Å²) < 4.78 is 6.11. The van der Waals surface area contributed by atoms with Crippen molar-refractivity contribution in [1.29, 1.82) is 5.26 Å². The van der Waals surface area contributed by atoms with Gasteiger partial charge in [0.1, 0.15) is 5.92 Å². The molecule has 1 saturated carbocycles. The molecule has 5 nitrogen and oxygen atoms in total. The molecule has 2 unspecified atom stereocenters. The first-order valence-corrected chi connectivity index (χ1v) is 10.9. The van der Waals surface area contributed by atoms with E-state index in [0.29, 0.717) is 18.5 Å². The highest BCUT2D eigenvalue weighted by Crippen LogP contribution is 2.52. The number of hydrogen-bond acceptors (Lipinski definition) is 4. The third-order valence-electron chi connectivity index (χ3n) is 5.96. The van der Waals surface area contributed by atoms with E-state index >= 15 is 0 Å². The quantitative estimate of drug-likeness (QED) is 0.572. The minimum Gasteiger partial charge on any atom is -0.469 e. The zero-order valence-corrected chi connectivity index (χ0v) is 18.5. The van der Waals surface area contributed by atoms with Crippen LogP contribution in [0.15, 0.2) is 59.1 Å². The number of rotatable bonds is 6. The number of hydrogen-bond donors (Lipinski definition) is 1. The number of carbonyl (C=O) groups is 2. The van der Waals surface area contributed by atoms with Crippen LogP contribution in [0.25, 0.3) is 0 Å². The van der Waals surface area contributed by atoms with E-state index in [4.69, 9.17) is 4.74 Å². The average Bonchev–Trinajstić information content (AvgIpc) is 2.78. The molecule has 0 spiro atoms. The second kappa shape index (κ2) is 9.90. The predicted molar refractivity (Wildman–Crippen MR) is 119 cm³/mol. The molecule has 0 heterocycles. The first kappa shape index (κ1) is 22.0.